The topological polar surface area (TPSA) is 46.0 Å². The molecule has 1 N–H and O–H groups in total. The zero-order valence-electron chi connectivity index (χ0n) is 7.63. The van der Waals surface area contributed by atoms with Crippen LogP contribution in [0.25, 0.3) is 0 Å². The van der Waals surface area contributed by atoms with E-state index in [0.29, 0.717) is 6.07 Å². The van der Waals surface area contributed by atoms with Crippen LogP contribution in [0, 0.1) is 0 Å². The highest BCUT2D eigenvalue weighted by atomic mass is 19.4. The lowest BCUT2D eigenvalue weighted by atomic mass is 10.1. The zero-order chi connectivity index (χ0) is 10.9. The van der Waals surface area contributed by atoms with Gasteiger partial charge in [-0.15, -0.1) is 5.10 Å². The number of hydrogen-bond acceptors (Lipinski definition) is 3. The molecule has 0 amide bonds. The Morgan fingerprint density at radius 2 is 1.86 bits per heavy atom. The normalized spacial score (nSPS) is 12.1. The third kappa shape index (κ3) is 2.12. The van der Waals surface area contributed by atoms with Gasteiger partial charge in [-0.1, -0.05) is 13.8 Å². The molecule has 0 radical (unpaired) electrons. The number of rotatable bonds is 1. The third-order valence-corrected chi connectivity index (χ3v) is 1.64. The Labute approximate surface area is 78.6 Å². The van der Waals surface area contributed by atoms with E-state index < -0.39 is 17.6 Å². The van der Waals surface area contributed by atoms with E-state index in [2.05, 4.69) is 10.2 Å². The molecule has 0 aliphatic rings. The van der Waals surface area contributed by atoms with Crippen molar-refractivity contribution in [2.75, 3.05) is 0 Å². The van der Waals surface area contributed by atoms with Gasteiger partial charge < -0.3 is 5.11 Å². The lowest BCUT2D eigenvalue weighted by molar-refractivity contribution is -0.141. The molecule has 0 atom stereocenters. The van der Waals surface area contributed by atoms with Crippen molar-refractivity contribution in [3.8, 4) is 5.75 Å². The van der Waals surface area contributed by atoms with Crippen LogP contribution in [-0.2, 0) is 6.18 Å². The summed E-state index contributed by atoms with van der Waals surface area (Å²) in [6.45, 7) is 3.41. The lowest BCUT2D eigenvalue weighted by Gasteiger charge is -2.09. The van der Waals surface area contributed by atoms with Crippen molar-refractivity contribution in [3.05, 3.63) is 17.5 Å². The quantitative estimate of drug-likeness (QED) is 0.766. The summed E-state index contributed by atoms with van der Waals surface area (Å²) in [7, 11) is 0. The van der Waals surface area contributed by atoms with Crippen molar-refractivity contribution in [1.29, 1.82) is 0 Å². The molecule has 0 aliphatic heterocycles. The summed E-state index contributed by atoms with van der Waals surface area (Å²) in [4.78, 5) is 0. The van der Waals surface area contributed by atoms with Crippen LogP contribution in [-0.4, -0.2) is 15.3 Å². The Kier molecular flexibility index (Phi) is 2.64. The molecule has 1 aromatic heterocycles. The molecule has 1 aromatic rings. The number of aromatic nitrogens is 2. The SMILES string of the molecule is CC(C)c1nnc(C(F)(F)F)cc1O. The van der Waals surface area contributed by atoms with E-state index in [1.165, 1.54) is 0 Å². The predicted molar refractivity (Wildman–Crippen MR) is 42.8 cm³/mol. The average molecular weight is 206 g/mol. The van der Waals surface area contributed by atoms with Crippen LogP contribution in [0.4, 0.5) is 13.2 Å². The van der Waals surface area contributed by atoms with Crippen LogP contribution in [0.5, 0.6) is 5.75 Å². The Bertz CT molecular complexity index is 336. The number of aromatic hydroxyl groups is 1. The molecule has 0 saturated heterocycles. The van der Waals surface area contributed by atoms with Crippen molar-refractivity contribution in [1.82, 2.24) is 10.2 Å². The molecule has 1 heterocycles. The highest BCUT2D eigenvalue weighted by molar-refractivity contribution is 5.29. The van der Waals surface area contributed by atoms with Gasteiger partial charge in [-0.2, -0.15) is 18.3 Å². The van der Waals surface area contributed by atoms with Crippen LogP contribution in [0.2, 0.25) is 0 Å². The van der Waals surface area contributed by atoms with E-state index in [-0.39, 0.29) is 11.6 Å². The van der Waals surface area contributed by atoms with Crippen LogP contribution in [0.15, 0.2) is 6.07 Å². The van der Waals surface area contributed by atoms with Gasteiger partial charge in [0, 0.05) is 12.0 Å². The Morgan fingerprint density at radius 1 is 1.29 bits per heavy atom. The van der Waals surface area contributed by atoms with Crippen molar-refractivity contribution in [2.24, 2.45) is 0 Å². The fourth-order valence-electron chi connectivity index (χ4n) is 0.941. The first-order valence-electron chi connectivity index (χ1n) is 3.96. The van der Waals surface area contributed by atoms with E-state index in [1.54, 1.807) is 13.8 Å². The summed E-state index contributed by atoms with van der Waals surface area (Å²) in [6, 6.07) is 0.586. The second-order valence-electron chi connectivity index (χ2n) is 3.15. The predicted octanol–water partition coefficient (Wildman–Crippen LogP) is 2.32. The second-order valence-corrected chi connectivity index (χ2v) is 3.15. The summed E-state index contributed by atoms with van der Waals surface area (Å²) in [6.07, 6.45) is -4.57. The molecular weight excluding hydrogens is 197 g/mol. The maximum Gasteiger partial charge on any atom is 0.435 e. The zero-order valence-corrected chi connectivity index (χ0v) is 7.63. The molecule has 0 fully saturated rings. The molecule has 0 unspecified atom stereocenters. The van der Waals surface area contributed by atoms with E-state index in [4.69, 9.17) is 0 Å². The van der Waals surface area contributed by atoms with Crippen LogP contribution >= 0.6 is 0 Å². The van der Waals surface area contributed by atoms with Crippen molar-refractivity contribution in [3.63, 3.8) is 0 Å². The molecule has 3 nitrogen and oxygen atoms in total. The van der Waals surface area contributed by atoms with Crippen molar-refractivity contribution in [2.45, 2.75) is 25.9 Å². The second kappa shape index (κ2) is 3.43. The molecular formula is C8H9F3N2O. The van der Waals surface area contributed by atoms with Gasteiger partial charge in [-0.25, -0.2) is 0 Å². The largest absolute Gasteiger partial charge is 0.506 e. The van der Waals surface area contributed by atoms with Gasteiger partial charge in [0.2, 0.25) is 0 Å². The molecule has 1 rings (SSSR count). The van der Waals surface area contributed by atoms with Crippen LogP contribution in [0.1, 0.15) is 31.2 Å². The molecule has 14 heavy (non-hydrogen) atoms. The van der Waals surface area contributed by atoms with E-state index in [9.17, 15) is 18.3 Å². The summed E-state index contributed by atoms with van der Waals surface area (Å²) in [5, 5.41) is 15.5. The standard InChI is InChI=1S/C8H9F3N2O/c1-4(2)7-5(14)3-6(12-13-7)8(9,10)11/h3-4H,1-2H3,(H,12,14). The fraction of sp³-hybridized carbons (Fsp3) is 0.500. The summed E-state index contributed by atoms with van der Waals surface area (Å²) < 4.78 is 36.3. The van der Waals surface area contributed by atoms with Gasteiger partial charge >= 0.3 is 6.18 Å². The van der Waals surface area contributed by atoms with E-state index in [1.807, 2.05) is 0 Å². The Balaban J connectivity index is 3.13. The smallest absolute Gasteiger partial charge is 0.435 e. The number of halogens is 3. The van der Waals surface area contributed by atoms with Gasteiger partial charge in [0.1, 0.15) is 11.4 Å². The molecule has 0 aliphatic carbocycles. The van der Waals surface area contributed by atoms with Gasteiger partial charge in [-0.05, 0) is 0 Å². The summed E-state index contributed by atoms with van der Waals surface area (Å²) in [5.74, 6) is -0.632. The molecule has 0 saturated carbocycles. The Hall–Kier alpha value is -1.33. The lowest BCUT2D eigenvalue weighted by Crippen LogP contribution is -2.10. The first kappa shape index (κ1) is 10.7. The Morgan fingerprint density at radius 3 is 2.21 bits per heavy atom. The highest BCUT2D eigenvalue weighted by Gasteiger charge is 2.34. The number of alkyl halides is 3. The molecule has 6 heteroatoms. The van der Waals surface area contributed by atoms with Gasteiger partial charge in [0.15, 0.2) is 5.69 Å². The van der Waals surface area contributed by atoms with Gasteiger partial charge in [-0.3, -0.25) is 0 Å². The monoisotopic (exact) mass is 206 g/mol. The molecule has 0 spiro atoms. The third-order valence-electron chi connectivity index (χ3n) is 1.64. The minimum Gasteiger partial charge on any atom is -0.506 e. The minimum atomic E-state index is -4.57. The maximum absolute atomic E-state index is 12.1. The molecule has 78 valence electrons. The van der Waals surface area contributed by atoms with Gasteiger partial charge in [0.25, 0.3) is 0 Å². The van der Waals surface area contributed by atoms with Gasteiger partial charge in [0.05, 0.1) is 0 Å². The van der Waals surface area contributed by atoms with Crippen LogP contribution in [0.3, 0.4) is 0 Å². The van der Waals surface area contributed by atoms with Crippen molar-refractivity contribution >= 4 is 0 Å². The fourth-order valence-corrected chi connectivity index (χ4v) is 0.941. The first-order chi connectivity index (χ1) is 6.32. The molecule has 0 aromatic carbocycles. The van der Waals surface area contributed by atoms with E-state index in [0.717, 1.165) is 0 Å². The van der Waals surface area contributed by atoms with Crippen LogP contribution < -0.4 is 0 Å². The highest BCUT2D eigenvalue weighted by Crippen LogP contribution is 2.31. The van der Waals surface area contributed by atoms with Crippen molar-refractivity contribution < 1.29 is 18.3 Å². The first-order valence-corrected chi connectivity index (χ1v) is 3.96. The number of hydrogen-bond donors (Lipinski definition) is 1. The number of nitrogens with zero attached hydrogens (tertiary/aromatic N) is 2. The summed E-state index contributed by atoms with van der Waals surface area (Å²) >= 11 is 0. The van der Waals surface area contributed by atoms with E-state index >= 15 is 0 Å². The average Bonchev–Trinajstić information content (AvgIpc) is 2.01. The molecule has 0 bridgehead atoms. The minimum absolute atomic E-state index is 0.162. The maximum atomic E-state index is 12.1. The summed E-state index contributed by atoms with van der Waals surface area (Å²) in [5.41, 5.74) is -1.02.